The first-order valence-electron chi connectivity index (χ1n) is 5.79. The van der Waals surface area contributed by atoms with Gasteiger partial charge in [0.05, 0.1) is 11.8 Å². The number of rotatable bonds is 4. The second-order valence-electron chi connectivity index (χ2n) is 3.90. The van der Waals surface area contributed by atoms with Crippen LogP contribution < -0.4 is 11.0 Å². The van der Waals surface area contributed by atoms with Crippen molar-refractivity contribution in [2.75, 3.05) is 0 Å². The Morgan fingerprint density at radius 1 is 1.24 bits per heavy atom. The zero-order valence-electron chi connectivity index (χ0n) is 10.6. The van der Waals surface area contributed by atoms with Crippen LogP contribution in [0.1, 0.15) is 26.4 Å². The summed E-state index contributed by atoms with van der Waals surface area (Å²) in [4.78, 5) is 33.4. The number of nitrogens with zero attached hydrogens (tertiary/aromatic N) is 2. The maximum atomic E-state index is 11.6. The summed E-state index contributed by atoms with van der Waals surface area (Å²) in [6.07, 6.45) is 1.22. The Hall–Kier alpha value is -3.29. The van der Waals surface area contributed by atoms with E-state index in [1.54, 1.807) is 18.2 Å². The van der Waals surface area contributed by atoms with Crippen LogP contribution in [-0.4, -0.2) is 33.4 Å². The first kappa shape index (κ1) is 14.1. The van der Waals surface area contributed by atoms with E-state index in [-0.39, 0.29) is 11.3 Å². The van der Waals surface area contributed by atoms with E-state index in [1.807, 2.05) is 0 Å². The maximum Gasteiger partial charge on any atom is 0.336 e. The third kappa shape index (κ3) is 3.60. The molecule has 106 valence electrons. The lowest BCUT2D eigenvalue weighted by molar-refractivity contribution is 0.0696. The highest BCUT2D eigenvalue weighted by molar-refractivity contribution is 5.99. The van der Waals surface area contributed by atoms with Gasteiger partial charge in [-0.2, -0.15) is 10.2 Å². The summed E-state index contributed by atoms with van der Waals surface area (Å²) >= 11 is 0. The number of benzene rings is 1. The van der Waals surface area contributed by atoms with Crippen molar-refractivity contribution in [1.29, 1.82) is 0 Å². The van der Waals surface area contributed by atoms with E-state index in [9.17, 15) is 14.4 Å². The van der Waals surface area contributed by atoms with Crippen LogP contribution in [0.2, 0.25) is 0 Å². The van der Waals surface area contributed by atoms with Crippen LogP contribution in [0.4, 0.5) is 0 Å². The SMILES string of the molecule is O=C(N/N=C\c1ccccc1C(=O)O)c1ccc(=O)[nH]n1. The van der Waals surface area contributed by atoms with Crippen LogP contribution in [0.5, 0.6) is 0 Å². The zero-order valence-corrected chi connectivity index (χ0v) is 10.6. The summed E-state index contributed by atoms with van der Waals surface area (Å²) in [5, 5.41) is 18.3. The topological polar surface area (TPSA) is 125 Å². The molecule has 8 nitrogen and oxygen atoms in total. The van der Waals surface area contributed by atoms with Crippen molar-refractivity contribution in [2.24, 2.45) is 5.10 Å². The molecular weight excluding hydrogens is 276 g/mol. The van der Waals surface area contributed by atoms with E-state index in [0.29, 0.717) is 5.56 Å². The molecular formula is C13H10N4O4. The number of aromatic nitrogens is 2. The molecule has 0 aliphatic rings. The minimum Gasteiger partial charge on any atom is -0.478 e. The van der Waals surface area contributed by atoms with E-state index in [1.165, 1.54) is 18.3 Å². The predicted molar refractivity (Wildman–Crippen MR) is 73.3 cm³/mol. The lowest BCUT2D eigenvalue weighted by Crippen LogP contribution is -2.21. The molecule has 8 heteroatoms. The van der Waals surface area contributed by atoms with Gasteiger partial charge in [0, 0.05) is 11.6 Å². The number of amides is 1. The molecule has 0 aliphatic carbocycles. The van der Waals surface area contributed by atoms with Crippen molar-refractivity contribution in [3.63, 3.8) is 0 Å². The molecule has 1 aromatic carbocycles. The van der Waals surface area contributed by atoms with Gasteiger partial charge in [-0.3, -0.25) is 9.59 Å². The van der Waals surface area contributed by atoms with E-state index in [4.69, 9.17) is 5.11 Å². The number of hydrogen-bond donors (Lipinski definition) is 3. The summed E-state index contributed by atoms with van der Waals surface area (Å²) < 4.78 is 0. The normalized spacial score (nSPS) is 10.5. The minimum atomic E-state index is -1.09. The molecule has 0 atom stereocenters. The molecule has 0 unspecified atom stereocenters. The lowest BCUT2D eigenvalue weighted by Gasteiger charge is -2.00. The van der Waals surface area contributed by atoms with E-state index in [0.717, 1.165) is 6.07 Å². The molecule has 2 rings (SSSR count). The number of aromatic carboxylic acids is 1. The monoisotopic (exact) mass is 286 g/mol. The minimum absolute atomic E-state index is 0.0155. The fourth-order valence-electron chi connectivity index (χ4n) is 1.49. The van der Waals surface area contributed by atoms with Gasteiger partial charge in [0.15, 0.2) is 5.69 Å². The number of carboxylic acids is 1. The van der Waals surface area contributed by atoms with Gasteiger partial charge < -0.3 is 5.11 Å². The number of aromatic amines is 1. The molecule has 0 bridgehead atoms. The summed E-state index contributed by atoms with van der Waals surface area (Å²) in [6, 6.07) is 8.62. The maximum absolute atomic E-state index is 11.6. The van der Waals surface area contributed by atoms with Gasteiger partial charge in [-0.05, 0) is 12.1 Å². The Kier molecular flexibility index (Phi) is 4.20. The highest BCUT2D eigenvalue weighted by atomic mass is 16.4. The van der Waals surface area contributed by atoms with Crippen LogP contribution in [0.3, 0.4) is 0 Å². The van der Waals surface area contributed by atoms with Crippen LogP contribution >= 0.6 is 0 Å². The van der Waals surface area contributed by atoms with Crippen molar-refractivity contribution in [3.05, 3.63) is 63.6 Å². The molecule has 0 spiro atoms. The van der Waals surface area contributed by atoms with Crippen molar-refractivity contribution >= 4 is 18.1 Å². The highest BCUT2D eigenvalue weighted by Crippen LogP contribution is 2.05. The Morgan fingerprint density at radius 2 is 2.00 bits per heavy atom. The lowest BCUT2D eigenvalue weighted by atomic mass is 10.1. The Balaban J connectivity index is 2.09. The Labute approximate surface area is 118 Å². The number of hydrazone groups is 1. The summed E-state index contributed by atoms with van der Waals surface area (Å²) in [5.74, 6) is -1.72. The number of hydrogen-bond acceptors (Lipinski definition) is 5. The molecule has 1 aromatic heterocycles. The van der Waals surface area contributed by atoms with Crippen LogP contribution in [0.25, 0.3) is 0 Å². The molecule has 0 aliphatic heterocycles. The molecule has 3 N–H and O–H groups in total. The molecule has 0 radical (unpaired) electrons. The number of H-pyrrole nitrogens is 1. The largest absolute Gasteiger partial charge is 0.478 e. The highest BCUT2D eigenvalue weighted by Gasteiger charge is 2.08. The number of carboxylic acid groups (broad SMARTS) is 1. The van der Waals surface area contributed by atoms with Gasteiger partial charge in [-0.25, -0.2) is 15.3 Å². The zero-order chi connectivity index (χ0) is 15.2. The average molecular weight is 286 g/mol. The smallest absolute Gasteiger partial charge is 0.336 e. The van der Waals surface area contributed by atoms with Gasteiger partial charge in [-0.15, -0.1) is 0 Å². The van der Waals surface area contributed by atoms with Crippen LogP contribution in [0.15, 0.2) is 46.3 Å². The molecule has 0 fully saturated rings. The Bertz CT molecular complexity index is 746. The first-order chi connectivity index (χ1) is 10.1. The van der Waals surface area contributed by atoms with Crippen LogP contribution in [-0.2, 0) is 0 Å². The van der Waals surface area contributed by atoms with Crippen molar-refractivity contribution in [2.45, 2.75) is 0 Å². The summed E-state index contributed by atoms with van der Waals surface area (Å²) in [6.45, 7) is 0. The first-order valence-corrected chi connectivity index (χ1v) is 5.79. The molecule has 2 aromatic rings. The standard InChI is InChI=1S/C13H10N4O4/c18-11-6-5-10(15-16-11)12(19)17-14-7-8-3-1-2-4-9(8)13(20)21/h1-7H,(H,16,18)(H,17,19)(H,20,21)/b14-7-. The van der Waals surface area contributed by atoms with E-state index < -0.39 is 17.4 Å². The summed E-state index contributed by atoms with van der Waals surface area (Å²) in [7, 11) is 0. The van der Waals surface area contributed by atoms with Gasteiger partial charge in [0.25, 0.3) is 11.5 Å². The molecule has 0 saturated heterocycles. The Morgan fingerprint density at radius 3 is 2.67 bits per heavy atom. The van der Waals surface area contributed by atoms with Gasteiger partial charge in [0.2, 0.25) is 0 Å². The fraction of sp³-hybridized carbons (Fsp3) is 0. The number of carbonyl (C=O) groups is 2. The number of nitrogens with one attached hydrogen (secondary N) is 2. The predicted octanol–water partition coefficient (Wildman–Crippen LogP) is 0.232. The third-order valence-corrected chi connectivity index (χ3v) is 2.47. The summed E-state index contributed by atoms with van der Waals surface area (Å²) in [5.41, 5.74) is 2.16. The van der Waals surface area contributed by atoms with E-state index in [2.05, 4.69) is 20.7 Å². The fourth-order valence-corrected chi connectivity index (χ4v) is 1.49. The third-order valence-electron chi connectivity index (χ3n) is 2.47. The molecule has 0 saturated carbocycles. The van der Waals surface area contributed by atoms with Crippen molar-refractivity contribution < 1.29 is 14.7 Å². The van der Waals surface area contributed by atoms with Crippen molar-refractivity contribution in [1.82, 2.24) is 15.6 Å². The second kappa shape index (κ2) is 6.24. The van der Waals surface area contributed by atoms with Gasteiger partial charge in [-0.1, -0.05) is 18.2 Å². The quantitative estimate of drug-likeness (QED) is 0.548. The van der Waals surface area contributed by atoms with Gasteiger partial charge in [0.1, 0.15) is 0 Å². The molecule has 1 heterocycles. The van der Waals surface area contributed by atoms with Gasteiger partial charge >= 0.3 is 5.97 Å². The number of carbonyl (C=O) groups excluding carboxylic acids is 1. The van der Waals surface area contributed by atoms with Crippen LogP contribution in [0, 0.1) is 0 Å². The van der Waals surface area contributed by atoms with Crippen molar-refractivity contribution in [3.8, 4) is 0 Å². The average Bonchev–Trinajstić information content (AvgIpc) is 2.48. The second-order valence-corrected chi connectivity index (χ2v) is 3.90. The molecule has 21 heavy (non-hydrogen) atoms. The van der Waals surface area contributed by atoms with E-state index >= 15 is 0 Å². The molecule has 1 amide bonds.